The van der Waals surface area contributed by atoms with Crippen molar-refractivity contribution < 1.29 is 0 Å². The van der Waals surface area contributed by atoms with Gasteiger partial charge in [0, 0.05) is 42.3 Å². The molecule has 1 N–H and O–H groups in total. The molecule has 1 saturated heterocycles. The zero-order chi connectivity index (χ0) is 14.9. The number of rotatable bonds is 2. The van der Waals surface area contributed by atoms with Crippen molar-refractivity contribution in [3.8, 4) is 5.69 Å². The van der Waals surface area contributed by atoms with Crippen molar-refractivity contribution in [1.29, 1.82) is 0 Å². The van der Waals surface area contributed by atoms with Crippen molar-refractivity contribution in [2.24, 2.45) is 0 Å². The Morgan fingerprint density at radius 2 is 1.64 bits per heavy atom. The van der Waals surface area contributed by atoms with Crippen molar-refractivity contribution in [3.63, 3.8) is 0 Å². The molecule has 1 aromatic heterocycles. The first kappa shape index (κ1) is 13.7. The third kappa shape index (κ3) is 2.36. The van der Waals surface area contributed by atoms with Gasteiger partial charge in [-0.3, -0.25) is 4.57 Å². The van der Waals surface area contributed by atoms with Crippen LogP contribution < -0.4 is 10.2 Å². The maximum Gasteiger partial charge on any atom is 0.114 e. The Kier molecular flexibility index (Phi) is 3.53. The second-order valence-corrected chi connectivity index (χ2v) is 6.05. The average molecular weight is 312 g/mol. The molecule has 1 aliphatic heterocycles. The summed E-state index contributed by atoms with van der Waals surface area (Å²) in [5.41, 5.74) is 2.39. The van der Waals surface area contributed by atoms with Crippen LogP contribution in [0.2, 0.25) is 5.02 Å². The van der Waals surface area contributed by atoms with E-state index in [4.69, 9.17) is 11.6 Å². The minimum Gasteiger partial charge on any atom is -0.355 e. The largest absolute Gasteiger partial charge is 0.355 e. The van der Waals surface area contributed by atoms with Gasteiger partial charge in [0.05, 0.1) is 5.52 Å². The first-order valence-corrected chi connectivity index (χ1v) is 8.03. The number of anilines is 1. The molecule has 4 heteroatoms. The fourth-order valence-electron chi connectivity index (χ4n) is 3.13. The quantitative estimate of drug-likeness (QED) is 0.779. The predicted octanol–water partition coefficient (Wildman–Crippen LogP) is 3.69. The number of piperazine rings is 1. The number of hydrogen-bond donors (Lipinski definition) is 1. The van der Waals surface area contributed by atoms with E-state index < -0.39 is 0 Å². The van der Waals surface area contributed by atoms with E-state index in [1.54, 1.807) is 0 Å². The molecule has 22 heavy (non-hydrogen) atoms. The number of halogens is 1. The van der Waals surface area contributed by atoms with Crippen LogP contribution in [0.15, 0.2) is 54.6 Å². The molecule has 0 saturated carbocycles. The maximum atomic E-state index is 6.05. The van der Waals surface area contributed by atoms with Gasteiger partial charge in [0.15, 0.2) is 0 Å². The van der Waals surface area contributed by atoms with Crippen LogP contribution in [0.25, 0.3) is 16.6 Å². The lowest BCUT2D eigenvalue weighted by Crippen LogP contribution is -2.44. The van der Waals surface area contributed by atoms with E-state index in [2.05, 4.69) is 57.2 Å². The van der Waals surface area contributed by atoms with Gasteiger partial charge in [0.2, 0.25) is 0 Å². The molecular formula is C18H18ClN3. The standard InChI is InChI=1S/C18H18ClN3/c19-15-5-7-16(8-6-15)22-17-4-2-1-3-14(17)13-18(22)21-11-9-20-10-12-21/h1-8,13,20H,9-12H2. The first-order valence-electron chi connectivity index (χ1n) is 7.65. The fourth-order valence-corrected chi connectivity index (χ4v) is 3.25. The Morgan fingerprint density at radius 1 is 0.909 bits per heavy atom. The van der Waals surface area contributed by atoms with Crippen molar-refractivity contribution >= 4 is 28.3 Å². The summed E-state index contributed by atoms with van der Waals surface area (Å²) in [6.07, 6.45) is 0. The molecule has 0 spiro atoms. The van der Waals surface area contributed by atoms with E-state index in [1.807, 2.05) is 12.1 Å². The minimum atomic E-state index is 0.768. The summed E-state index contributed by atoms with van der Waals surface area (Å²) >= 11 is 6.05. The Balaban J connectivity index is 1.91. The number of fused-ring (bicyclic) bond motifs is 1. The number of hydrogen-bond acceptors (Lipinski definition) is 2. The van der Waals surface area contributed by atoms with Gasteiger partial charge < -0.3 is 10.2 Å². The highest BCUT2D eigenvalue weighted by atomic mass is 35.5. The van der Waals surface area contributed by atoms with E-state index in [9.17, 15) is 0 Å². The van der Waals surface area contributed by atoms with Crippen molar-refractivity contribution in [3.05, 3.63) is 59.6 Å². The number of nitrogens with one attached hydrogen (secondary N) is 1. The second-order valence-electron chi connectivity index (χ2n) is 5.61. The fraction of sp³-hybridized carbons (Fsp3) is 0.222. The van der Waals surface area contributed by atoms with Crippen LogP contribution in [-0.2, 0) is 0 Å². The van der Waals surface area contributed by atoms with Gasteiger partial charge in [0.1, 0.15) is 5.82 Å². The molecule has 0 radical (unpaired) electrons. The molecule has 1 fully saturated rings. The summed E-state index contributed by atoms with van der Waals surface area (Å²) in [6, 6.07) is 18.9. The van der Waals surface area contributed by atoms with Crippen LogP contribution in [0.3, 0.4) is 0 Å². The minimum absolute atomic E-state index is 0.768. The zero-order valence-electron chi connectivity index (χ0n) is 12.3. The van der Waals surface area contributed by atoms with Crippen LogP contribution in [0.1, 0.15) is 0 Å². The predicted molar refractivity (Wildman–Crippen MR) is 93.4 cm³/mol. The molecule has 3 nitrogen and oxygen atoms in total. The highest BCUT2D eigenvalue weighted by Crippen LogP contribution is 2.31. The topological polar surface area (TPSA) is 20.2 Å². The lowest BCUT2D eigenvalue weighted by molar-refractivity contribution is 0.583. The van der Waals surface area contributed by atoms with E-state index in [1.165, 1.54) is 16.7 Å². The Morgan fingerprint density at radius 3 is 2.41 bits per heavy atom. The molecule has 4 rings (SSSR count). The number of nitrogens with zero attached hydrogens (tertiary/aromatic N) is 2. The Hall–Kier alpha value is -1.97. The van der Waals surface area contributed by atoms with Gasteiger partial charge in [-0.1, -0.05) is 29.8 Å². The molecule has 3 aromatic rings. The van der Waals surface area contributed by atoms with Crippen LogP contribution in [0.5, 0.6) is 0 Å². The summed E-state index contributed by atoms with van der Waals surface area (Å²) in [4.78, 5) is 2.45. The molecular weight excluding hydrogens is 294 g/mol. The van der Waals surface area contributed by atoms with Crippen LogP contribution >= 0.6 is 11.6 Å². The maximum absolute atomic E-state index is 6.05. The number of aromatic nitrogens is 1. The van der Waals surface area contributed by atoms with E-state index in [0.717, 1.165) is 36.9 Å². The lowest BCUT2D eigenvalue weighted by atomic mass is 10.2. The van der Waals surface area contributed by atoms with Crippen molar-refractivity contribution in [2.75, 3.05) is 31.1 Å². The highest BCUT2D eigenvalue weighted by molar-refractivity contribution is 6.30. The monoisotopic (exact) mass is 311 g/mol. The Labute approximate surface area is 135 Å². The summed E-state index contributed by atoms with van der Waals surface area (Å²) in [6.45, 7) is 4.12. The molecule has 112 valence electrons. The lowest BCUT2D eigenvalue weighted by Gasteiger charge is -2.30. The first-order chi connectivity index (χ1) is 10.8. The third-order valence-corrected chi connectivity index (χ3v) is 4.47. The normalized spacial score (nSPS) is 15.4. The summed E-state index contributed by atoms with van der Waals surface area (Å²) in [7, 11) is 0. The van der Waals surface area contributed by atoms with Crippen LogP contribution in [0.4, 0.5) is 5.82 Å². The van der Waals surface area contributed by atoms with Gasteiger partial charge >= 0.3 is 0 Å². The molecule has 2 heterocycles. The SMILES string of the molecule is Clc1ccc(-n2c(N3CCNCC3)cc3ccccc32)cc1. The molecule has 0 aliphatic carbocycles. The van der Waals surface area contributed by atoms with Gasteiger partial charge in [-0.05, 0) is 36.4 Å². The Bertz CT molecular complexity index is 786. The summed E-state index contributed by atoms with van der Waals surface area (Å²) < 4.78 is 2.33. The van der Waals surface area contributed by atoms with Crippen LogP contribution in [0, 0.1) is 0 Å². The highest BCUT2D eigenvalue weighted by Gasteiger charge is 2.18. The summed E-state index contributed by atoms with van der Waals surface area (Å²) in [5, 5.41) is 5.45. The molecule has 2 aromatic carbocycles. The van der Waals surface area contributed by atoms with E-state index >= 15 is 0 Å². The summed E-state index contributed by atoms with van der Waals surface area (Å²) in [5.74, 6) is 1.25. The van der Waals surface area contributed by atoms with E-state index in [0.29, 0.717) is 0 Å². The molecule has 1 aliphatic rings. The van der Waals surface area contributed by atoms with Gasteiger partial charge in [0.25, 0.3) is 0 Å². The van der Waals surface area contributed by atoms with Crippen LogP contribution in [-0.4, -0.2) is 30.7 Å². The average Bonchev–Trinajstić information content (AvgIpc) is 2.96. The number of benzene rings is 2. The molecule has 0 bridgehead atoms. The third-order valence-electron chi connectivity index (χ3n) is 4.22. The molecule has 0 amide bonds. The van der Waals surface area contributed by atoms with Crippen molar-refractivity contribution in [2.45, 2.75) is 0 Å². The second kappa shape index (κ2) is 5.67. The van der Waals surface area contributed by atoms with Gasteiger partial charge in [-0.25, -0.2) is 0 Å². The smallest absolute Gasteiger partial charge is 0.114 e. The zero-order valence-corrected chi connectivity index (χ0v) is 13.1. The van der Waals surface area contributed by atoms with Gasteiger partial charge in [-0.15, -0.1) is 0 Å². The van der Waals surface area contributed by atoms with E-state index in [-0.39, 0.29) is 0 Å². The number of para-hydroxylation sites is 1. The molecule has 0 unspecified atom stereocenters. The molecule has 0 atom stereocenters. The van der Waals surface area contributed by atoms with Gasteiger partial charge in [-0.2, -0.15) is 0 Å². The van der Waals surface area contributed by atoms with Crippen molar-refractivity contribution in [1.82, 2.24) is 9.88 Å².